The van der Waals surface area contributed by atoms with Crippen molar-refractivity contribution in [1.82, 2.24) is 4.90 Å². The topological polar surface area (TPSA) is 91.2 Å². The third-order valence-corrected chi connectivity index (χ3v) is 7.69. The fourth-order valence-corrected chi connectivity index (χ4v) is 5.45. The van der Waals surface area contributed by atoms with Crippen molar-refractivity contribution >= 4 is 39.3 Å². The van der Waals surface area contributed by atoms with Gasteiger partial charge in [0.2, 0.25) is 0 Å². The normalized spacial score (nSPS) is 17.4. The molecule has 3 unspecified atom stereocenters. The predicted molar refractivity (Wildman–Crippen MR) is 158 cm³/mol. The highest BCUT2D eigenvalue weighted by Crippen LogP contribution is 2.25. The van der Waals surface area contributed by atoms with Crippen molar-refractivity contribution in [2.75, 3.05) is 25.5 Å². The monoisotopic (exact) mass is 591 g/mol. The Hall–Kier alpha value is -3.49. The van der Waals surface area contributed by atoms with Crippen LogP contribution in [-0.4, -0.2) is 64.8 Å². The van der Waals surface area contributed by atoms with Gasteiger partial charge in [0.15, 0.2) is 0 Å². The number of alkyl halides is 1. The van der Waals surface area contributed by atoms with Crippen LogP contribution in [0.5, 0.6) is 0 Å². The van der Waals surface area contributed by atoms with Gasteiger partial charge in [-0.15, -0.1) is 0 Å². The number of likely N-dealkylation sites (tertiary alicyclic amines) is 1. The van der Waals surface area contributed by atoms with E-state index in [1.807, 2.05) is 60.7 Å². The van der Waals surface area contributed by atoms with Crippen molar-refractivity contribution in [2.45, 2.75) is 42.7 Å². The number of carboxylic acids is 1. The molecular weight excluding hydrogens is 558 g/mol. The molecule has 1 aliphatic heterocycles. The molecule has 3 atom stereocenters. The summed E-state index contributed by atoms with van der Waals surface area (Å²) in [6, 6.07) is 27.1. The van der Waals surface area contributed by atoms with Crippen LogP contribution >= 0.6 is 15.9 Å². The second-order valence-corrected chi connectivity index (χ2v) is 10.7. The van der Waals surface area contributed by atoms with E-state index in [4.69, 9.17) is 9.73 Å². The predicted octanol–water partition coefficient (Wildman–Crippen LogP) is 5.38. The number of aliphatic carboxylic acids is 1. The zero-order valence-corrected chi connectivity index (χ0v) is 23.6. The average Bonchev–Trinajstić information content (AvgIpc) is 3.41. The van der Waals surface area contributed by atoms with Crippen molar-refractivity contribution in [2.24, 2.45) is 4.99 Å². The lowest BCUT2D eigenvalue weighted by Gasteiger charge is -2.26. The maximum absolute atomic E-state index is 12.2. The van der Waals surface area contributed by atoms with Crippen molar-refractivity contribution in [3.63, 3.8) is 0 Å². The molecule has 204 valence electrons. The van der Waals surface area contributed by atoms with Crippen molar-refractivity contribution in [3.8, 4) is 0 Å². The molecule has 1 aliphatic rings. The number of methoxy groups -OCH3 is 1. The first-order chi connectivity index (χ1) is 19.0. The summed E-state index contributed by atoms with van der Waals surface area (Å²) in [6.45, 7) is 2.74. The zero-order valence-electron chi connectivity index (χ0n) is 22.0. The Kier molecular flexibility index (Phi) is 10.3. The molecule has 39 heavy (non-hydrogen) atoms. The van der Waals surface area contributed by atoms with Gasteiger partial charge in [-0.1, -0.05) is 94.8 Å². The van der Waals surface area contributed by atoms with E-state index in [9.17, 15) is 14.7 Å². The largest absolute Gasteiger partial charge is 0.480 e. The summed E-state index contributed by atoms with van der Waals surface area (Å²) in [4.78, 5) is 30.6. The molecule has 7 nitrogen and oxygen atoms in total. The molecule has 2 N–H and O–H groups in total. The van der Waals surface area contributed by atoms with Gasteiger partial charge < -0.3 is 15.2 Å². The molecule has 0 aromatic heterocycles. The Bertz CT molecular complexity index is 1270. The summed E-state index contributed by atoms with van der Waals surface area (Å²) in [7, 11) is 1.28. The van der Waals surface area contributed by atoms with Gasteiger partial charge in [-0.2, -0.15) is 0 Å². The molecule has 0 bridgehead atoms. The molecule has 0 amide bonds. The number of nitrogens with zero attached hydrogens (tertiary/aromatic N) is 2. The van der Waals surface area contributed by atoms with E-state index in [0.29, 0.717) is 11.8 Å². The Labute approximate surface area is 238 Å². The van der Waals surface area contributed by atoms with Crippen molar-refractivity contribution in [3.05, 3.63) is 102 Å². The molecule has 1 saturated heterocycles. The number of nitrogens with one attached hydrogen (secondary N) is 1. The Morgan fingerprint density at radius 1 is 1.05 bits per heavy atom. The number of carbonyl (C=O) groups is 2. The first-order valence-electron chi connectivity index (χ1n) is 13.2. The van der Waals surface area contributed by atoms with Crippen LogP contribution in [-0.2, 0) is 20.9 Å². The molecule has 8 heteroatoms. The number of halogens is 1. The van der Waals surface area contributed by atoms with Gasteiger partial charge in [-0.05, 0) is 31.0 Å². The van der Waals surface area contributed by atoms with E-state index >= 15 is 0 Å². The first kappa shape index (κ1) is 28.5. The van der Waals surface area contributed by atoms with E-state index in [0.717, 1.165) is 49.3 Å². The second-order valence-electron chi connectivity index (χ2n) is 9.60. The van der Waals surface area contributed by atoms with Crippen LogP contribution in [0.25, 0.3) is 0 Å². The highest BCUT2D eigenvalue weighted by atomic mass is 79.9. The summed E-state index contributed by atoms with van der Waals surface area (Å²) < 4.78 is 4.77. The minimum absolute atomic E-state index is 0.0372. The van der Waals surface area contributed by atoms with E-state index in [1.54, 1.807) is 0 Å². The summed E-state index contributed by atoms with van der Waals surface area (Å²) in [6.07, 6.45) is 2.24. The zero-order chi connectivity index (χ0) is 27.6. The van der Waals surface area contributed by atoms with Gasteiger partial charge in [0.1, 0.15) is 10.9 Å². The van der Waals surface area contributed by atoms with Crippen LogP contribution < -0.4 is 5.32 Å². The Morgan fingerprint density at radius 2 is 1.72 bits per heavy atom. The van der Waals surface area contributed by atoms with Crippen LogP contribution in [0.3, 0.4) is 0 Å². The molecule has 0 spiro atoms. The molecule has 3 aromatic rings. The SMILES string of the molecule is COC(=O)C(Br)CC(N=C(c1ccccc1)c1ccccc1NCC1CCCN1Cc1ccccc1)C(=O)O. The van der Waals surface area contributed by atoms with Crippen LogP contribution in [0, 0.1) is 0 Å². The molecule has 3 aromatic carbocycles. The molecule has 1 fully saturated rings. The van der Waals surface area contributed by atoms with E-state index in [-0.39, 0.29) is 6.42 Å². The van der Waals surface area contributed by atoms with E-state index < -0.39 is 22.8 Å². The number of rotatable bonds is 12. The number of carboxylic acid groups (broad SMARTS) is 1. The first-order valence-corrected chi connectivity index (χ1v) is 14.1. The highest BCUT2D eigenvalue weighted by molar-refractivity contribution is 9.10. The third-order valence-electron chi connectivity index (χ3n) is 6.94. The number of aliphatic imine (C=N–C) groups is 1. The standard InChI is InChI=1S/C31H34BrN3O4/c1-39-31(38)26(32)19-28(30(36)37)34-29(23-13-6-3-7-14-23)25-16-8-9-17-27(25)33-20-24-15-10-18-35(24)21-22-11-4-2-5-12-22/h2-9,11-14,16-17,24,26,28,33H,10,15,18-21H2,1H3,(H,36,37). The number of esters is 1. The van der Waals surface area contributed by atoms with E-state index in [2.05, 4.69) is 50.4 Å². The van der Waals surface area contributed by atoms with E-state index in [1.165, 1.54) is 12.7 Å². The fourth-order valence-electron chi connectivity index (χ4n) is 4.90. The molecule has 0 aliphatic carbocycles. The minimum Gasteiger partial charge on any atom is -0.480 e. The maximum Gasteiger partial charge on any atom is 0.328 e. The summed E-state index contributed by atoms with van der Waals surface area (Å²) in [5.74, 6) is -1.64. The van der Waals surface area contributed by atoms with Crippen LogP contribution in [0.1, 0.15) is 36.0 Å². The van der Waals surface area contributed by atoms with Crippen molar-refractivity contribution < 1.29 is 19.4 Å². The number of anilines is 1. The summed E-state index contributed by atoms with van der Waals surface area (Å²) in [5.41, 5.74) is 4.36. The van der Waals surface area contributed by atoms with Crippen LogP contribution in [0.15, 0.2) is 89.9 Å². The quantitative estimate of drug-likeness (QED) is 0.167. The van der Waals surface area contributed by atoms with Gasteiger partial charge in [0.25, 0.3) is 0 Å². The molecule has 4 rings (SSSR count). The number of hydrogen-bond acceptors (Lipinski definition) is 6. The average molecular weight is 593 g/mol. The number of carbonyl (C=O) groups excluding carboxylic acids is 1. The van der Waals surface area contributed by atoms with Crippen LogP contribution in [0.4, 0.5) is 5.69 Å². The Morgan fingerprint density at radius 3 is 2.41 bits per heavy atom. The third kappa shape index (κ3) is 7.77. The van der Waals surface area contributed by atoms with Gasteiger partial charge in [0.05, 0.1) is 12.8 Å². The lowest BCUT2D eigenvalue weighted by atomic mass is 9.99. The number of ether oxygens (including phenoxy) is 1. The summed E-state index contributed by atoms with van der Waals surface area (Å²) >= 11 is 3.26. The Balaban J connectivity index is 1.60. The second kappa shape index (κ2) is 14.1. The van der Waals surface area contributed by atoms with Gasteiger partial charge in [-0.25, -0.2) is 4.79 Å². The van der Waals surface area contributed by atoms with Gasteiger partial charge in [-0.3, -0.25) is 14.7 Å². The maximum atomic E-state index is 12.2. The number of para-hydroxylation sites is 1. The molecule has 1 heterocycles. The highest BCUT2D eigenvalue weighted by Gasteiger charge is 2.28. The minimum atomic E-state index is -1.15. The molecular formula is C31H34BrN3O4. The molecule has 0 radical (unpaired) electrons. The lowest BCUT2D eigenvalue weighted by molar-refractivity contribution is -0.141. The van der Waals surface area contributed by atoms with Gasteiger partial charge in [0, 0.05) is 42.4 Å². The van der Waals surface area contributed by atoms with Gasteiger partial charge >= 0.3 is 11.9 Å². The lowest BCUT2D eigenvalue weighted by Crippen LogP contribution is -2.34. The fraction of sp³-hybridized carbons (Fsp3) is 0.323. The van der Waals surface area contributed by atoms with Crippen molar-refractivity contribution in [1.29, 1.82) is 0 Å². The number of benzene rings is 3. The van der Waals surface area contributed by atoms with Crippen LogP contribution in [0.2, 0.25) is 0 Å². The number of hydrogen-bond donors (Lipinski definition) is 2. The summed E-state index contributed by atoms with van der Waals surface area (Å²) in [5, 5.41) is 13.6. The smallest absolute Gasteiger partial charge is 0.328 e. The molecule has 0 saturated carbocycles.